The third-order valence-corrected chi connectivity index (χ3v) is 7.39. The summed E-state index contributed by atoms with van der Waals surface area (Å²) in [4.78, 5) is 36.9. The fourth-order valence-electron chi connectivity index (χ4n) is 4.92. The lowest BCUT2D eigenvalue weighted by Crippen LogP contribution is -2.48. The Morgan fingerprint density at radius 3 is 2.88 bits per heavy atom. The molecule has 3 aromatic rings. The van der Waals surface area contributed by atoms with Gasteiger partial charge in [0.05, 0.1) is 12.2 Å². The van der Waals surface area contributed by atoms with Gasteiger partial charge in [-0.05, 0) is 62.8 Å². The minimum Gasteiger partial charge on any atom is -0.480 e. The van der Waals surface area contributed by atoms with E-state index in [0.717, 1.165) is 29.8 Å². The number of fused-ring (bicyclic) bond motifs is 1. The highest BCUT2D eigenvalue weighted by atomic mass is 16.6. The van der Waals surface area contributed by atoms with Crippen molar-refractivity contribution in [3.63, 3.8) is 0 Å². The van der Waals surface area contributed by atoms with Crippen molar-refractivity contribution in [3.8, 4) is 22.9 Å². The molecule has 0 aliphatic carbocycles. The number of cyclic esters (lactones) is 1. The third-order valence-electron chi connectivity index (χ3n) is 7.39. The summed E-state index contributed by atoms with van der Waals surface area (Å²) in [5, 5.41) is 6.11. The molecular weight excluding hydrogens is 512 g/mol. The number of pyridine rings is 2. The number of hydrogen-bond donors (Lipinski definition) is 2. The molecule has 208 valence electrons. The van der Waals surface area contributed by atoms with E-state index in [1.54, 1.807) is 12.1 Å². The number of amides is 2. The van der Waals surface area contributed by atoms with E-state index in [1.807, 2.05) is 30.3 Å². The van der Waals surface area contributed by atoms with Crippen LogP contribution in [-0.2, 0) is 16.1 Å². The number of ether oxygens (including phenoxy) is 3. The van der Waals surface area contributed by atoms with E-state index < -0.39 is 6.09 Å². The van der Waals surface area contributed by atoms with Crippen LogP contribution in [0.4, 0.5) is 16.4 Å². The van der Waals surface area contributed by atoms with Gasteiger partial charge < -0.3 is 24.8 Å². The monoisotopic (exact) mass is 544 g/mol. The summed E-state index contributed by atoms with van der Waals surface area (Å²) in [7, 11) is 2.11. The van der Waals surface area contributed by atoms with Crippen LogP contribution in [0.1, 0.15) is 18.4 Å². The lowest BCUT2D eigenvalue weighted by Gasteiger charge is -2.37. The van der Waals surface area contributed by atoms with Gasteiger partial charge in [-0.1, -0.05) is 24.3 Å². The molecule has 11 nitrogen and oxygen atoms in total. The van der Waals surface area contributed by atoms with Crippen molar-refractivity contribution in [2.75, 3.05) is 50.1 Å². The number of likely N-dealkylation sites (tertiary alicyclic amines) is 1. The van der Waals surface area contributed by atoms with Crippen molar-refractivity contribution in [1.82, 2.24) is 20.2 Å². The maximum absolute atomic E-state index is 12.5. The number of nitrogens with zero attached hydrogens (tertiary/aromatic N) is 4. The Morgan fingerprint density at radius 1 is 1.12 bits per heavy atom. The van der Waals surface area contributed by atoms with Gasteiger partial charge in [-0.3, -0.25) is 14.6 Å². The van der Waals surface area contributed by atoms with E-state index in [4.69, 9.17) is 19.2 Å². The summed E-state index contributed by atoms with van der Waals surface area (Å²) in [6.07, 6.45) is 1.10. The number of carbonyl (C=O) groups is 2. The molecule has 2 saturated heterocycles. The summed E-state index contributed by atoms with van der Waals surface area (Å²) in [6, 6.07) is 18.0. The molecule has 40 heavy (non-hydrogen) atoms. The highest BCUT2D eigenvalue weighted by Crippen LogP contribution is 2.30. The van der Waals surface area contributed by atoms with Crippen LogP contribution in [0.3, 0.4) is 0 Å². The van der Waals surface area contributed by atoms with Gasteiger partial charge in [0.1, 0.15) is 18.5 Å². The summed E-state index contributed by atoms with van der Waals surface area (Å²) in [5.41, 5.74) is 3.04. The van der Waals surface area contributed by atoms with E-state index in [1.165, 1.54) is 4.90 Å². The normalized spacial score (nSPS) is 20.3. The maximum atomic E-state index is 12.5. The van der Waals surface area contributed by atoms with E-state index in [-0.39, 0.29) is 18.6 Å². The number of aromatic nitrogens is 2. The molecule has 0 saturated carbocycles. The first kappa shape index (κ1) is 26.0. The van der Waals surface area contributed by atoms with Gasteiger partial charge in [0, 0.05) is 24.2 Å². The average molecular weight is 545 g/mol. The Balaban J connectivity index is 0.987. The number of hydrogen-bond acceptors (Lipinski definition) is 9. The molecule has 6 rings (SSSR count). The average Bonchev–Trinajstić information content (AvgIpc) is 3.34. The zero-order valence-corrected chi connectivity index (χ0v) is 22.3. The highest BCUT2D eigenvalue weighted by molar-refractivity contribution is 5.95. The summed E-state index contributed by atoms with van der Waals surface area (Å²) in [6.45, 7) is 3.47. The molecule has 2 fully saturated rings. The van der Waals surface area contributed by atoms with Crippen LogP contribution in [0, 0.1) is 0 Å². The lowest BCUT2D eigenvalue weighted by atomic mass is 10.1. The molecule has 1 aromatic carbocycles. The quantitative estimate of drug-likeness (QED) is 0.371. The predicted octanol–water partition coefficient (Wildman–Crippen LogP) is 3.06. The molecule has 0 unspecified atom stereocenters. The fourth-order valence-corrected chi connectivity index (χ4v) is 4.92. The molecule has 3 aliphatic rings. The topological polar surface area (TPSA) is 118 Å². The number of benzene rings is 1. The molecule has 0 bridgehead atoms. The SMILES string of the molecule is CN1CC[C@@H]1COc1cccc(-c2cccc(CNCC[C@H]3CN(c4ccc5c(n4)NC(=O)CO5)C(=O)O3)c2)n1. The van der Waals surface area contributed by atoms with Crippen LogP contribution in [-0.4, -0.2) is 78.9 Å². The van der Waals surface area contributed by atoms with Crippen LogP contribution in [0.5, 0.6) is 11.6 Å². The first-order valence-corrected chi connectivity index (χ1v) is 13.5. The van der Waals surface area contributed by atoms with Crippen molar-refractivity contribution in [1.29, 1.82) is 0 Å². The maximum Gasteiger partial charge on any atom is 0.415 e. The van der Waals surface area contributed by atoms with Crippen molar-refractivity contribution in [3.05, 3.63) is 60.2 Å². The Bertz CT molecular complexity index is 1400. The number of anilines is 2. The Hall–Kier alpha value is -4.22. The summed E-state index contributed by atoms with van der Waals surface area (Å²) >= 11 is 0. The molecule has 0 radical (unpaired) electrons. The molecule has 0 spiro atoms. The standard InChI is InChI=1S/C29H32N6O5/c1-34-13-11-21(34)17-39-27-7-3-6-23(31-27)20-5-2-4-19(14-20)15-30-12-10-22-16-35(29(37)40-22)25-9-8-24-28(32-25)33-26(36)18-38-24/h2-9,14,21-22,30H,10-13,15-18H2,1H3,(H,32,33,36)/t21-,22+/m1/s1. The van der Waals surface area contributed by atoms with Gasteiger partial charge in [-0.25, -0.2) is 14.8 Å². The highest BCUT2D eigenvalue weighted by Gasteiger charge is 2.33. The molecule has 5 heterocycles. The Kier molecular flexibility index (Phi) is 7.47. The minimum absolute atomic E-state index is 0.0449. The van der Waals surface area contributed by atoms with Crippen LogP contribution < -0.4 is 25.0 Å². The van der Waals surface area contributed by atoms with Gasteiger partial charge in [-0.15, -0.1) is 0 Å². The molecule has 2 aromatic heterocycles. The van der Waals surface area contributed by atoms with Crippen LogP contribution >= 0.6 is 0 Å². The predicted molar refractivity (Wildman–Crippen MR) is 149 cm³/mol. The molecular formula is C29H32N6O5. The molecule has 2 atom stereocenters. The number of likely N-dealkylation sites (N-methyl/N-ethyl adjacent to an activating group) is 1. The molecule has 2 amide bonds. The van der Waals surface area contributed by atoms with Crippen molar-refractivity contribution in [2.45, 2.75) is 31.5 Å². The van der Waals surface area contributed by atoms with Gasteiger partial charge in [0.2, 0.25) is 5.88 Å². The van der Waals surface area contributed by atoms with Crippen LogP contribution in [0.15, 0.2) is 54.6 Å². The van der Waals surface area contributed by atoms with E-state index >= 15 is 0 Å². The fraction of sp³-hybridized carbons (Fsp3) is 0.379. The van der Waals surface area contributed by atoms with Gasteiger partial charge >= 0.3 is 6.09 Å². The first-order chi connectivity index (χ1) is 19.5. The Morgan fingerprint density at radius 2 is 2.02 bits per heavy atom. The molecule has 11 heteroatoms. The lowest BCUT2D eigenvalue weighted by molar-refractivity contribution is -0.118. The molecule has 3 aliphatic heterocycles. The van der Waals surface area contributed by atoms with E-state index in [9.17, 15) is 9.59 Å². The van der Waals surface area contributed by atoms with E-state index in [2.05, 4.69) is 39.7 Å². The smallest absolute Gasteiger partial charge is 0.415 e. The van der Waals surface area contributed by atoms with Crippen molar-refractivity contribution < 1.29 is 23.8 Å². The minimum atomic E-state index is -0.452. The third kappa shape index (κ3) is 5.85. The summed E-state index contributed by atoms with van der Waals surface area (Å²) < 4.78 is 16.8. The second-order valence-corrected chi connectivity index (χ2v) is 10.2. The van der Waals surface area contributed by atoms with Crippen molar-refractivity contribution >= 4 is 23.6 Å². The summed E-state index contributed by atoms with van der Waals surface area (Å²) in [5.74, 6) is 1.58. The van der Waals surface area contributed by atoms with E-state index in [0.29, 0.717) is 62.0 Å². The molecule has 2 N–H and O–H groups in total. The first-order valence-electron chi connectivity index (χ1n) is 13.5. The van der Waals surface area contributed by atoms with Crippen LogP contribution in [0.25, 0.3) is 11.3 Å². The largest absolute Gasteiger partial charge is 0.480 e. The van der Waals surface area contributed by atoms with Crippen LogP contribution in [0.2, 0.25) is 0 Å². The zero-order valence-electron chi connectivity index (χ0n) is 22.3. The van der Waals surface area contributed by atoms with Gasteiger partial charge in [0.25, 0.3) is 5.91 Å². The van der Waals surface area contributed by atoms with Crippen molar-refractivity contribution in [2.24, 2.45) is 0 Å². The Labute approximate surface area is 232 Å². The number of rotatable bonds is 10. The number of carbonyl (C=O) groups excluding carboxylic acids is 2. The second-order valence-electron chi connectivity index (χ2n) is 10.2. The van der Waals surface area contributed by atoms with Gasteiger partial charge in [0.15, 0.2) is 18.2 Å². The van der Waals surface area contributed by atoms with Gasteiger partial charge in [-0.2, -0.15) is 0 Å². The number of nitrogens with one attached hydrogen (secondary N) is 2. The second kappa shape index (κ2) is 11.5. The zero-order chi connectivity index (χ0) is 27.5.